The molecule has 136 valence electrons. The molecule has 0 radical (unpaired) electrons. The Morgan fingerprint density at radius 1 is 1.32 bits per heavy atom. The average molecular weight is 409 g/mol. The maximum Gasteiger partial charge on any atom is 0.410 e. The fraction of sp³-hybridized carbons (Fsp3) is 0.579. The van der Waals surface area contributed by atoms with Gasteiger partial charge >= 0.3 is 6.09 Å². The number of fused-ring (bicyclic) bond motifs is 1. The summed E-state index contributed by atoms with van der Waals surface area (Å²) in [6.45, 7) is 8.43. The number of hydrogen-bond donors (Lipinski definition) is 0. The van der Waals surface area contributed by atoms with Gasteiger partial charge in [0.05, 0.1) is 0 Å². The first-order chi connectivity index (χ1) is 11.7. The Balaban J connectivity index is 1.58. The zero-order valence-corrected chi connectivity index (χ0v) is 16.6. The molecule has 1 aromatic carbocycles. The maximum atomic E-state index is 12.7. The van der Waals surface area contributed by atoms with E-state index in [4.69, 9.17) is 4.74 Å². The summed E-state index contributed by atoms with van der Waals surface area (Å²) in [5, 5.41) is 0. The summed E-state index contributed by atoms with van der Waals surface area (Å²) in [7, 11) is 0. The number of rotatable bonds is 2. The van der Waals surface area contributed by atoms with Gasteiger partial charge in [0.1, 0.15) is 5.60 Å². The average Bonchev–Trinajstić information content (AvgIpc) is 2.97. The number of likely N-dealkylation sites (tertiary alicyclic amines) is 1. The summed E-state index contributed by atoms with van der Waals surface area (Å²) < 4.78 is 6.45. The molecule has 6 heteroatoms. The van der Waals surface area contributed by atoms with Gasteiger partial charge in [0, 0.05) is 36.2 Å². The first-order valence-electron chi connectivity index (χ1n) is 8.78. The Morgan fingerprint density at radius 3 is 2.80 bits per heavy atom. The third-order valence-corrected chi connectivity index (χ3v) is 5.15. The maximum absolute atomic E-state index is 12.7. The molecule has 5 nitrogen and oxygen atoms in total. The number of amides is 2. The lowest BCUT2D eigenvalue weighted by Crippen LogP contribution is -2.41. The summed E-state index contributed by atoms with van der Waals surface area (Å²) in [6, 6.07) is 5.85. The largest absolute Gasteiger partial charge is 0.444 e. The molecule has 2 aliphatic heterocycles. The number of carbonyl (C=O) groups is 2. The minimum Gasteiger partial charge on any atom is -0.444 e. The highest BCUT2D eigenvalue weighted by molar-refractivity contribution is 9.10. The van der Waals surface area contributed by atoms with E-state index in [-0.39, 0.29) is 12.0 Å². The summed E-state index contributed by atoms with van der Waals surface area (Å²) in [5.41, 5.74) is 1.43. The molecule has 1 unspecified atom stereocenters. The van der Waals surface area contributed by atoms with Crippen LogP contribution in [0.5, 0.6) is 0 Å². The van der Waals surface area contributed by atoms with Gasteiger partial charge in [0.25, 0.3) is 5.91 Å². The van der Waals surface area contributed by atoms with E-state index in [9.17, 15) is 9.59 Å². The molecule has 0 saturated carbocycles. The Labute approximate surface area is 157 Å². The van der Waals surface area contributed by atoms with Gasteiger partial charge in [0.15, 0.2) is 0 Å². The highest BCUT2D eigenvalue weighted by Crippen LogP contribution is 2.26. The lowest BCUT2D eigenvalue weighted by atomic mass is 9.97. The van der Waals surface area contributed by atoms with Crippen LogP contribution < -0.4 is 0 Å². The van der Waals surface area contributed by atoms with Crippen LogP contribution in [0.25, 0.3) is 0 Å². The van der Waals surface area contributed by atoms with E-state index >= 15 is 0 Å². The fourth-order valence-electron chi connectivity index (χ4n) is 3.46. The Hall–Kier alpha value is -1.56. The number of halogens is 1. The number of nitrogens with zero attached hydrogens (tertiary/aromatic N) is 2. The quantitative estimate of drug-likeness (QED) is 0.749. The van der Waals surface area contributed by atoms with E-state index in [1.807, 2.05) is 43.9 Å². The van der Waals surface area contributed by atoms with Gasteiger partial charge in [-0.05, 0) is 63.3 Å². The molecule has 0 spiro atoms. The van der Waals surface area contributed by atoms with E-state index in [1.54, 1.807) is 4.90 Å². The minimum absolute atomic E-state index is 0.101. The normalized spacial score (nSPS) is 20.6. The van der Waals surface area contributed by atoms with Crippen LogP contribution in [0.1, 0.15) is 43.1 Å². The summed E-state index contributed by atoms with van der Waals surface area (Å²) in [4.78, 5) is 28.6. The molecule has 2 aliphatic rings. The van der Waals surface area contributed by atoms with E-state index in [0.29, 0.717) is 25.6 Å². The monoisotopic (exact) mass is 408 g/mol. The van der Waals surface area contributed by atoms with Crippen molar-refractivity contribution in [3.05, 3.63) is 33.8 Å². The second kappa shape index (κ2) is 6.98. The Kier molecular flexibility index (Phi) is 5.09. The molecule has 2 heterocycles. The number of benzene rings is 1. The van der Waals surface area contributed by atoms with Gasteiger partial charge < -0.3 is 14.5 Å². The molecular formula is C19H25BrN2O3. The third kappa shape index (κ3) is 4.35. The summed E-state index contributed by atoms with van der Waals surface area (Å²) in [5.74, 6) is 0.415. The molecular weight excluding hydrogens is 384 g/mol. The lowest BCUT2D eigenvalue weighted by molar-refractivity contribution is 0.0285. The molecule has 0 bridgehead atoms. The Morgan fingerprint density at radius 2 is 2.08 bits per heavy atom. The molecule has 1 aromatic rings. The van der Waals surface area contributed by atoms with Gasteiger partial charge in [-0.3, -0.25) is 4.79 Å². The summed E-state index contributed by atoms with van der Waals surface area (Å²) in [6.07, 6.45) is 1.54. The van der Waals surface area contributed by atoms with Gasteiger partial charge in [0.2, 0.25) is 0 Å². The zero-order valence-electron chi connectivity index (χ0n) is 15.0. The van der Waals surface area contributed by atoms with Crippen LogP contribution in [0, 0.1) is 5.92 Å². The molecule has 25 heavy (non-hydrogen) atoms. The van der Waals surface area contributed by atoms with Crippen molar-refractivity contribution in [2.45, 2.75) is 39.2 Å². The molecule has 1 fully saturated rings. The third-order valence-electron chi connectivity index (χ3n) is 4.65. The first-order valence-corrected chi connectivity index (χ1v) is 9.58. The molecule has 3 rings (SSSR count). The topological polar surface area (TPSA) is 49.9 Å². The van der Waals surface area contributed by atoms with E-state index < -0.39 is 5.60 Å². The van der Waals surface area contributed by atoms with Gasteiger partial charge in [-0.25, -0.2) is 4.79 Å². The molecule has 1 saturated heterocycles. The first kappa shape index (κ1) is 18.2. The van der Waals surface area contributed by atoms with Crippen molar-refractivity contribution in [3.8, 4) is 0 Å². The van der Waals surface area contributed by atoms with E-state index in [2.05, 4.69) is 15.9 Å². The van der Waals surface area contributed by atoms with E-state index in [0.717, 1.165) is 35.0 Å². The van der Waals surface area contributed by atoms with Crippen LogP contribution >= 0.6 is 15.9 Å². The Bertz CT molecular complexity index is 684. The van der Waals surface area contributed by atoms with Crippen molar-refractivity contribution in [3.63, 3.8) is 0 Å². The van der Waals surface area contributed by atoms with Crippen LogP contribution in [-0.2, 0) is 11.2 Å². The van der Waals surface area contributed by atoms with Crippen molar-refractivity contribution in [2.24, 2.45) is 5.92 Å². The van der Waals surface area contributed by atoms with Gasteiger partial charge in [-0.1, -0.05) is 15.9 Å². The highest BCUT2D eigenvalue weighted by atomic mass is 79.9. The van der Waals surface area contributed by atoms with Crippen molar-refractivity contribution < 1.29 is 14.3 Å². The molecule has 0 aliphatic carbocycles. The van der Waals surface area contributed by atoms with Gasteiger partial charge in [-0.15, -0.1) is 0 Å². The van der Waals surface area contributed by atoms with Crippen molar-refractivity contribution in [1.82, 2.24) is 9.80 Å². The number of ether oxygens (including phenoxy) is 1. The minimum atomic E-state index is -0.476. The van der Waals surface area contributed by atoms with Crippen LogP contribution in [0.3, 0.4) is 0 Å². The standard InChI is InChI=1S/C19H25BrN2O3/c1-19(2,3)25-18(24)22-8-6-13(12-22)11-21-9-7-14-10-15(20)4-5-16(14)17(21)23/h4-5,10,13H,6-9,11-12H2,1-3H3. The zero-order chi connectivity index (χ0) is 18.2. The van der Waals surface area contributed by atoms with Crippen molar-refractivity contribution >= 4 is 27.9 Å². The van der Waals surface area contributed by atoms with Crippen molar-refractivity contribution in [1.29, 1.82) is 0 Å². The predicted molar refractivity (Wildman–Crippen MR) is 99.7 cm³/mol. The number of hydrogen-bond acceptors (Lipinski definition) is 3. The molecule has 2 amide bonds. The highest BCUT2D eigenvalue weighted by Gasteiger charge is 2.33. The van der Waals surface area contributed by atoms with Crippen LogP contribution in [-0.4, -0.2) is 53.6 Å². The molecule has 0 N–H and O–H groups in total. The summed E-state index contributed by atoms with van der Waals surface area (Å²) >= 11 is 3.46. The van der Waals surface area contributed by atoms with Crippen molar-refractivity contribution in [2.75, 3.05) is 26.2 Å². The SMILES string of the molecule is CC(C)(C)OC(=O)N1CCC(CN2CCc3cc(Br)ccc3C2=O)C1. The second-order valence-electron chi connectivity index (χ2n) is 7.88. The predicted octanol–water partition coefficient (Wildman–Crippen LogP) is 3.70. The second-order valence-corrected chi connectivity index (χ2v) is 8.80. The van der Waals surface area contributed by atoms with Gasteiger partial charge in [-0.2, -0.15) is 0 Å². The van der Waals surface area contributed by atoms with E-state index in [1.165, 1.54) is 0 Å². The number of carbonyl (C=O) groups excluding carboxylic acids is 2. The van der Waals surface area contributed by atoms with Crippen LogP contribution in [0.15, 0.2) is 22.7 Å². The lowest BCUT2D eigenvalue weighted by Gasteiger charge is -2.31. The fourth-order valence-corrected chi connectivity index (χ4v) is 3.87. The molecule has 0 aromatic heterocycles. The van der Waals surface area contributed by atoms with Crippen LogP contribution in [0.2, 0.25) is 0 Å². The van der Waals surface area contributed by atoms with Crippen LogP contribution in [0.4, 0.5) is 4.79 Å². The smallest absolute Gasteiger partial charge is 0.410 e. The molecule has 1 atom stereocenters.